The highest BCUT2D eigenvalue weighted by atomic mass is 79.9. The number of nitrogens with one attached hydrogen (secondary N) is 1. The molecule has 2 aliphatic heterocycles. The van der Waals surface area contributed by atoms with Crippen molar-refractivity contribution < 1.29 is 30.0 Å². The lowest BCUT2D eigenvalue weighted by Crippen LogP contribution is -2.54. The quantitative estimate of drug-likeness (QED) is 0.184. The third kappa shape index (κ3) is 8.43. The number of fused-ring (bicyclic) bond motifs is 10. The van der Waals surface area contributed by atoms with E-state index in [0.29, 0.717) is 42.4 Å². The maximum absolute atomic E-state index is 13.1. The minimum Gasteiger partial charge on any atom is -0.390 e. The van der Waals surface area contributed by atoms with E-state index in [0.717, 1.165) is 111 Å². The molecule has 0 aromatic carbocycles. The summed E-state index contributed by atoms with van der Waals surface area (Å²) >= 11 is 3.42. The van der Waals surface area contributed by atoms with Crippen LogP contribution >= 0.6 is 15.9 Å². The largest absolute Gasteiger partial charge is 0.390 e. The van der Waals surface area contributed by atoms with E-state index in [9.17, 15) is 24.9 Å². The van der Waals surface area contributed by atoms with Crippen LogP contribution in [-0.4, -0.2) is 98.4 Å². The van der Waals surface area contributed by atoms with E-state index >= 15 is 0 Å². The molecule has 10 aliphatic rings. The van der Waals surface area contributed by atoms with Gasteiger partial charge in [0.1, 0.15) is 11.6 Å². The fourth-order valence-electron chi connectivity index (χ4n) is 16.6. The summed E-state index contributed by atoms with van der Waals surface area (Å²) in [6.07, 6.45) is 21.3. The van der Waals surface area contributed by atoms with E-state index in [1.807, 2.05) is 13.8 Å². The van der Waals surface area contributed by atoms with Gasteiger partial charge < -0.3 is 25.7 Å². The molecular formula is C48H79BrN2O6. The average Bonchev–Trinajstić information content (AvgIpc) is 3.69. The molecule has 10 rings (SSSR count). The number of β-amino-alcohol motifs (C(OH)–C–C–N with tert-alkyl or cyclic N) is 2. The maximum atomic E-state index is 13.1. The number of aliphatic hydroxyl groups excluding tert-OH is 2. The molecule has 8 nitrogen and oxygen atoms in total. The lowest BCUT2D eigenvalue weighted by Gasteiger charge is -2.57. The van der Waals surface area contributed by atoms with Crippen molar-refractivity contribution >= 4 is 27.5 Å². The SMILES string of the molecule is C[C@@]1(O)CC[C@H]2[C@H](CC[C@@H]3[C@@H]2CC[C@]2(C)[C@@H](C(=O)CBr)CC[C@@H]32)C1.C[C@@]1(O)CC[C@H]2[C@H](CC[C@@H]3[C@@H]2CC[C@]2(C)[C@@H](C(=O)CN4CC(O)C4)CC[C@@H]32)C1.OC1CNC1. The molecule has 0 amide bonds. The smallest absolute Gasteiger partial charge is 0.150 e. The van der Waals surface area contributed by atoms with Crippen molar-refractivity contribution in [2.24, 2.45) is 81.8 Å². The van der Waals surface area contributed by atoms with Crippen LogP contribution in [0.3, 0.4) is 0 Å². The Morgan fingerprint density at radius 3 is 1.42 bits per heavy atom. The molecular weight excluding hydrogens is 780 g/mol. The van der Waals surface area contributed by atoms with Gasteiger partial charge in [-0.1, -0.05) is 29.8 Å². The van der Waals surface area contributed by atoms with Gasteiger partial charge in [-0.15, -0.1) is 0 Å². The molecule has 0 unspecified atom stereocenters. The Balaban J connectivity index is 0.000000143. The van der Waals surface area contributed by atoms with Crippen molar-refractivity contribution in [2.45, 2.75) is 167 Å². The van der Waals surface area contributed by atoms with Gasteiger partial charge in [-0.2, -0.15) is 0 Å². The number of hydrogen-bond donors (Lipinski definition) is 5. The van der Waals surface area contributed by atoms with E-state index < -0.39 is 11.2 Å². The Bertz CT molecular complexity index is 1450. The number of likely N-dealkylation sites (tertiary alicyclic amines) is 1. The predicted molar refractivity (Wildman–Crippen MR) is 228 cm³/mol. The molecule has 0 aromatic rings. The third-order valence-electron chi connectivity index (χ3n) is 19.5. The number of carbonyl (C=O) groups is 2. The topological polar surface area (TPSA) is 130 Å². The molecule has 5 N–H and O–H groups in total. The fraction of sp³-hybridized carbons (Fsp3) is 0.958. The predicted octanol–water partition coefficient (Wildman–Crippen LogP) is 7.17. The van der Waals surface area contributed by atoms with Gasteiger partial charge in [-0.25, -0.2) is 0 Å². The van der Waals surface area contributed by atoms with Gasteiger partial charge in [-0.05, 0) is 199 Å². The first-order valence-corrected chi connectivity index (χ1v) is 25.0. The summed E-state index contributed by atoms with van der Waals surface area (Å²) in [5.74, 6) is 9.44. The zero-order valence-corrected chi connectivity index (χ0v) is 37.6. The summed E-state index contributed by atoms with van der Waals surface area (Å²) in [6.45, 7) is 12.4. The monoisotopic (exact) mass is 859 g/mol. The first-order chi connectivity index (χ1) is 27.0. The second kappa shape index (κ2) is 16.7. The Morgan fingerprint density at radius 1 is 0.579 bits per heavy atom. The van der Waals surface area contributed by atoms with Gasteiger partial charge in [0.25, 0.3) is 0 Å². The van der Waals surface area contributed by atoms with Crippen LogP contribution in [0.15, 0.2) is 0 Å². The van der Waals surface area contributed by atoms with Crippen LogP contribution < -0.4 is 5.32 Å². The molecule has 0 spiro atoms. The van der Waals surface area contributed by atoms with Gasteiger partial charge in [-0.3, -0.25) is 14.5 Å². The minimum atomic E-state index is -0.438. The average molecular weight is 860 g/mol. The molecule has 8 aliphatic carbocycles. The molecule has 2 saturated heterocycles. The highest BCUT2D eigenvalue weighted by molar-refractivity contribution is 9.09. The van der Waals surface area contributed by atoms with Crippen molar-refractivity contribution in [3.63, 3.8) is 0 Å². The summed E-state index contributed by atoms with van der Waals surface area (Å²) in [5.41, 5.74) is -0.391. The van der Waals surface area contributed by atoms with Crippen molar-refractivity contribution in [3.8, 4) is 0 Å². The number of alkyl halides is 1. The molecule has 324 valence electrons. The normalized spacial score (nSPS) is 50.3. The number of aliphatic hydroxyl groups is 4. The first kappa shape index (κ1) is 43.2. The van der Waals surface area contributed by atoms with Crippen LogP contribution in [0.25, 0.3) is 0 Å². The highest BCUT2D eigenvalue weighted by Crippen LogP contribution is 2.66. The number of Topliss-reactive ketones (excluding diaryl/α,β-unsaturated/α-hetero) is 2. The van der Waals surface area contributed by atoms with Gasteiger partial charge in [0.15, 0.2) is 0 Å². The summed E-state index contributed by atoms with van der Waals surface area (Å²) in [5, 5.41) is 42.4. The van der Waals surface area contributed by atoms with E-state index in [4.69, 9.17) is 5.11 Å². The molecule has 9 heteroatoms. The van der Waals surface area contributed by atoms with Gasteiger partial charge in [0.2, 0.25) is 0 Å². The van der Waals surface area contributed by atoms with Crippen molar-refractivity contribution in [3.05, 3.63) is 0 Å². The Labute approximate surface area is 353 Å². The van der Waals surface area contributed by atoms with Crippen LogP contribution in [0, 0.1) is 81.8 Å². The summed E-state index contributed by atoms with van der Waals surface area (Å²) in [4.78, 5) is 27.7. The number of nitrogens with zero attached hydrogens (tertiary/aromatic N) is 1. The van der Waals surface area contributed by atoms with Gasteiger partial charge >= 0.3 is 0 Å². The van der Waals surface area contributed by atoms with E-state index in [-0.39, 0.29) is 29.0 Å². The second-order valence-corrected chi connectivity index (χ2v) is 23.5. The molecule has 2 heterocycles. The lowest BCUT2D eigenvalue weighted by molar-refractivity contribution is -0.135. The molecule has 8 saturated carbocycles. The highest BCUT2D eigenvalue weighted by Gasteiger charge is 2.60. The third-order valence-corrected chi connectivity index (χ3v) is 20.0. The van der Waals surface area contributed by atoms with Crippen LogP contribution in [0.1, 0.15) is 143 Å². The van der Waals surface area contributed by atoms with E-state index in [1.54, 1.807) is 0 Å². The Kier molecular flexibility index (Phi) is 12.7. The second-order valence-electron chi connectivity index (χ2n) is 22.9. The van der Waals surface area contributed by atoms with Crippen LogP contribution in [0.5, 0.6) is 0 Å². The number of rotatable bonds is 5. The summed E-state index contributed by atoms with van der Waals surface area (Å²) in [7, 11) is 0. The number of hydrogen-bond acceptors (Lipinski definition) is 8. The number of ketones is 2. The molecule has 10 fully saturated rings. The maximum Gasteiger partial charge on any atom is 0.150 e. The molecule has 0 bridgehead atoms. The zero-order chi connectivity index (χ0) is 40.5. The van der Waals surface area contributed by atoms with Crippen LogP contribution in [0.4, 0.5) is 0 Å². The Morgan fingerprint density at radius 2 is 1.02 bits per heavy atom. The van der Waals surface area contributed by atoms with Gasteiger partial charge in [0.05, 0.1) is 35.3 Å². The Hall–Kier alpha value is -0.420. The van der Waals surface area contributed by atoms with E-state index in [1.165, 1.54) is 77.0 Å². The molecule has 57 heavy (non-hydrogen) atoms. The van der Waals surface area contributed by atoms with Crippen molar-refractivity contribution in [1.82, 2.24) is 10.2 Å². The summed E-state index contributed by atoms with van der Waals surface area (Å²) < 4.78 is 0. The first-order valence-electron chi connectivity index (χ1n) is 23.9. The van der Waals surface area contributed by atoms with Crippen molar-refractivity contribution in [2.75, 3.05) is 38.1 Å². The zero-order valence-electron chi connectivity index (χ0n) is 36.0. The molecule has 0 aromatic heterocycles. The van der Waals surface area contributed by atoms with Crippen LogP contribution in [-0.2, 0) is 9.59 Å². The molecule has 16 atom stereocenters. The van der Waals surface area contributed by atoms with Crippen molar-refractivity contribution in [1.29, 1.82) is 0 Å². The molecule has 0 radical (unpaired) electrons. The fourth-order valence-corrected chi connectivity index (χ4v) is 17.0. The number of carbonyl (C=O) groups excluding carboxylic acids is 2. The standard InChI is InChI=1S/C24H39NO3.C21H33BrO2.C3H7NO/c1-23(28)9-7-17-15(11-23)3-4-19-18(17)8-10-24(2)20(19)5-6-21(24)22(27)14-25-12-16(26)13-25;1-20(24)9-7-14-13(11-20)3-4-16-15(14)8-10-21(2)17(16)5-6-18(21)19(23)12-22;5-3-1-4-2-3/h15-21,26,28H,3-14H2,1-2H3;13-18,24H,3-12H2,1-2H3;3-5H,1-2H2/t15-,17+,18-,19-,20+,21-,23-,24+;13-,14+,15-,16-,17+,18-,20-,21+;/m11./s1. The lowest BCUT2D eigenvalue weighted by atomic mass is 9.49. The van der Waals surface area contributed by atoms with Crippen LogP contribution in [0.2, 0.25) is 0 Å². The number of halogens is 1. The summed E-state index contributed by atoms with van der Waals surface area (Å²) in [6, 6.07) is 0. The van der Waals surface area contributed by atoms with Gasteiger partial charge in [0, 0.05) is 38.0 Å². The van der Waals surface area contributed by atoms with E-state index in [2.05, 4.69) is 40.0 Å². The minimum absolute atomic E-state index is 0.0463.